The van der Waals surface area contributed by atoms with E-state index in [0.717, 1.165) is 26.2 Å². The van der Waals surface area contributed by atoms with Gasteiger partial charge in [0, 0.05) is 39.3 Å². The first-order chi connectivity index (χ1) is 14.8. The molecule has 0 atom stereocenters. The first-order valence-corrected chi connectivity index (χ1v) is 11.8. The zero-order valence-electron chi connectivity index (χ0n) is 18.9. The van der Waals surface area contributed by atoms with Gasteiger partial charge >= 0.3 is 0 Å². The molecule has 0 radical (unpaired) electrons. The van der Waals surface area contributed by atoms with Gasteiger partial charge in [0.1, 0.15) is 5.82 Å². The van der Waals surface area contributed by atoms with Crippen LogP contribution >= 0.6 is 11.3 Å². The Kier molecular flexibility index (Phi) is 8.03. The number of nitrogens with one attached hydrogen (secondary N) is 2. The van der Waals surface area contributed by atoms with E-state index < -0.39 is 0 Å². The molecular formula is C23H33N5O2S. The van der Waals surface area contributed by atoms with Crippen LogP contribution in [0.3, 0.4) is 0 Å². The van der Waals surface area contributed by atoms with Crippen LogP contribution in [0.2, 0.25) is 0 Å². The normalized spacial score (nSPS) is 14.2. The van der Waals surface area contributed by atoms with Crippen LogP contribution in [-0.2, 0) is 0 Å². The number of hydrogen-bond donors (Lipinski definition) is 2. The average Bonchev–Trinajstić information content (AvgIpc) is 3.28. The standard InChI is InChI=1S/C23H33N5O2S/c1-16(2)14-28(15-17(3)4)23(30)19-12-18(26-22(29)20-6-5-11-31-20)13-25-21(19)27-9-7-24-8-10-27/h5-6,11-13,16-17,24H,7-10,14-15H2,1-4H3,(H,26,29). The van der Waals surface area contributed by atoms with Crippen LogP contribution in [0.5, 0.6) is 0 Å². The Morgan fingerprint density at radius 2 is 1.87 bits per heavy atom. The first-order valence-electron chi connectivity index (χ1n) is 10.9. The van der Waals surface area contributed by atoms with Crippen LogP contribution in [-0.4, -0.2) is 61.0 Å². The Hall–Kier alpha value is -2.45. The van der Waals surface area contributed by atoms with Crippen molar-refractivity contribution in [3.63, 3.8) is 0 Å². The summed E-state index contributed by atoms with van der Waals surface area (Å²) in [4.78, 5) is 35.5. The highest BCUT2D eigenvalue weighted by Gasteiger charge is 2.26. The molecule has 0 bridgehead atoms. The number of amides is 2. The maximum absolute atomic E-state index is 13.7. The predicted octanol–water partition coefficient (Wildman–Crippen LogP) is 3.56. The molecule has 3 rings (SSSR count). The fraction of sp³-hybridized carbons (Fsp3) is 0.522. The maximum Gasteiger partial charge on any atom is 0.265 e. The zero-order chi connectivity index (χ0) is 22.4. The lowest BCUT2D eigenvalue weighted by Crippen LogP contribution is -2.45. The minimum absolute atomic E-state index is 0.0318. The highest BCUT2D eigenvalue weighted by molar-refractivity contribution is 7.12. The van der Waals surface area contributed by atoms with Gasteiger partial charge in [-0.3, -0.25) is 9.59 Å². The summed E-state index contributed by atoms with van der Waals surface area (Å²) in [6, 6.07) is 5.41. The molecule has 7 nitrogen and oxygen atoms in total. The Labute approximate surface area is 188 Å². The summed E-state index contributed by atoms with van der Waals surface area (Å²) in [6.07, 6.45) is 1.65. The van der Waals surface area contributed by atoms with Crippen LogP contribution in [0.1, 0.15) is 47.7 Å². The second-order valence-corrected chi connectivity index (χ2v) is 9.71. The van der Waals surface area contributed by atoms with Gasteiger partial charge in [0.2, 0.25) is 0 Å². The molecule has 168 valence electrons. The largest absolute Gasteiger partial charge is 0.353 e. The van der Waals surface area contributed by atoms with E-state index in [0.29, 0.717) is 46.9 Å². The molecule has 2 N–H and O–H groups in total. The van der Waals surface area contributed by atoms with Crippen molar-refractivity contribution in [1.29, 1.82) is 0 Å². The van der Waals surface area contributed by atoms with E-state index in [-0.39, 0.29) is 11.8 Å². The van der Waals surface area contributed by atoms with Gasteiger partial charge in [-0.15, -0.1) is 11.3 Å². The minimum Gasteiger partial charge on any atom is -0.353 e. The van der Waals surface area contributed by atoms with Gasteiger partial charge in [0.15, 0.2) is 0 Å². The van der Waals surface area contributed by atoms with E-state index in [4.69, 9.17) is 0 Å². The van der Waals surface area contributed by atoms with Crippen molar-refractivity contribution in [2.45, 2.75) is 27.7 Å². The summed E-state index contributed by atoms with van der Waals surface area (Å²) >= 11 is 1.38. The number of aromatic nitrogens is 1. The van der Waals surface area contributed by atoms with Crippen molar-refractivity contribution in [3.8, 4) is 0 Å². The molecule has 0 aromatic carbocycles. The molecular weight excluding hydrogens is 410 g/mol. The maximum atomic E-state index is 13.7. The number of carbonyl (C=O) groups is 2. The van der Waals surface area contributed by atoms with Gasteiger partial charge < -0.3 is 20.4 Å². The van der Waals surface area contributed by atoms with Gasteiger partial charge in [-0.1, -0.05) is 33.8 Å². The molecule has 0 aliphatic carbocycles. The summed E-state index contributed by atoms with van der Waals surface area (Å²) in [5.74, 6) is 1.19. The van der Waals surface area contributed by atoms with Gasteiger partial charge in [-0.25, -0.2) is 4.98 Å². The molecule has 0 saturated carbocycles. The lowest BCUT2D eigenvalue weighted by Gasteiger charge is -2.32. The molecule has 1 saturated heterocycles. The van der Waals surface area contributed by atoms with Crippen LogP contribution in [0.15, 0.2) is 29.8 Å². The van der Waals surface area contributed by atoms with E-state index in [1.165, 1.54) is 11.3 Å². The molecule has 0 unspecified atom stereocenters. The fourth-order valence-electron chi connectivity index (χ4n) is 3.70. The molecule has 1 aliphatic heterocycles. The molecule has 8 heteroatoms. The highest BCUT2D eigenvalue weighted by atomic mass is 32.1. The minimum atomic E-state index is -0.189. The molecule has 2 aromatic heterocycles. The third-order valence-electron chi connectivity index (χ3n) is 4.97. The number of pyridine rings is 1. The molecule has 1 aliphatic rings. The SMILES string of the molecule is CC(C)CN(CC(C)C)C(=O)c1cc(NC(=O)c2cccs2)cnc1N1CCNCC1. The van der Waals surface area contributed by atoms with Crippen molar-refractivity contribution in [1.82, 2.24) is 15.2 Å². The lowest BCUT2D eigenvalue weighted by molar-refractivity contribution is 0.0715. The van der Waals surface area contributed by atoms with Crippen LogP contribution < -0.4 is 15.5 Å². The van der Waals surface area contributed by atoms with Gasteiger partial charge in [0.05, 0.1) is 22.3 Å². The molecule has 0 spiro atoms. The third kappa shape index (κ3) is 6.27. The topological polar surface area (TPSA) is 77.6 Å². The number of nitrogens with zero attached hydrogens (tertiary/aromatic N) is 3. The Morgan fingerprint density at radius 3 is 2.45 bits per heavy atom. The van der Waals surface area contributed by atoms with Crippen molar-refractivity contribution in [2.75, 3.05) is 49.5 Å². The zero-order valence-corrected chi connectivity index (χ0v) is 19.7. The van der Waals surface area contributed by atoms with Gasteiger partial charge in [0.25, 0.3) is 11.8 Å². The summed E-state index contributed by atoms with van der Waals surface area (Å²) in [7, 11) is 0. The van der Waals surface area contributed by atoms with Crippen molar-refractivity contribution >= 4 is 34.7 Å². The summed E-state index contributed by atoms with van der Waals surface area (Å²) in [6.45, 7) is 13.1. The Morgan fingerprint density at radius 1 is 1.19 bits per heavy atom. The fourth-order valence-corrected chi connectivity index (χ4v) is 4.32. The average molecular weight is 444 g/mol. The highest BCUT2D eigenvalue weighted by Crippen LogP contribution is 2.25. The van der Waals surface area contributed by atoms with Crippen molar-refractivity contribution in [3.05, 3.63) is 40.2 Å². The van der Waals surface area contributed by atoms with Crippen LogP contribution in [0.4, 0.5) is 11.5 Å². The smallest absolute Gasteiger partial charge is 0.265 e. The first kappa shape index (κ1) is 23.2. The molecule has 3 heterocycles. The summed E-state index contributed by atoms with van der Waals surface area (Å²) in [5.41, 5.74) is 1.09. The second kappa shape index (κ2) is 10.7. The number of rotatable bonds is 8. The quantitative estimate of drug-likeness (QED) is 0.652. The third-order valence-corrected chi connectivity index (χ3v) is 5.84. The number of carbonyl (C=O) groups excluding carboxylic acids is 2. The van der Waals surface area contributed by atoms with E-state index in [9.17, 15) is 9.59 Å². The van der Waals surface area contributed by atoms with Crippen molar-refractivity contribution < 1.29 is 9.59 Å². The number of thiophene rings is 1. The molecule has 2 amide bonds. The van der Waals surface area contributed by atoms with Crippen LogP contribution in [0, 0.1) is 11.8 Å². The number of anilines is 2. The number of hydrogen-bond acceptors (Lipinski definition) is 6. The van der Waals surface area contributed by atoms with Crippen molar-refractivity contribution in [2.24, 2.45) is 11.8 Å². The molecule has 31 heavy (non-hydrogen) atoms. The monoisotopic (exact) mass is 443 g/mol. The number of piperazine rings is 1. The van der Waals surface area contributed by atoms with E-state index in [1.807, 2.05) is 16.3 Å². The van der Waals surface area contributed by atoms with E-state index in [2.05, 4.69) is 48.2 Å². The Balaban J connectivity index is 1.94. The molecule has 1 fully saturated rings. The van der Waals surface area contributed by atoms with Crippen LogP contribution in [0.25, 0.3) is 0 Å². The molecule has 2 aromatic rings. The summed E-state index contributed by atoms with van der Waals surface area (Å²) in [5, 5.41) is 8.10. The summed E-state index contributed by atoms with van der Waals surface area (Å²) < 4.78 is 0. The van der Waals surface area contributed by atoms with E-state index in [1.54, 1.807) is 18.3 Å². The second-order valence-electron chi connectivity index (χ2n) is 8.76. The van der Waals surface area contributed by atoms with Gasteiger partial charge in [-0.05, 0) is 29.3 Å². The Bertz CT molecular complexity index is 866. The van der Waals surface area contributed by atoms with Gasteiger partial charge in [-0.2, -0.15) is 0 Å². The van der Waals surface area contributed by atoms with E-state index >= 15 is 0 Å². The lowest BCUT2D eigenvalue weighted by atomic mass is 10.1. The predicted molar refractivity (Wildman–Crippen MR) is 127 cm³/mol.